The van der Waals surface area contributed by atoms with Gasteiger partial charge in [-0.15, -0.1) is 0 Å². The molecular weight excluding hydrogens is 184 g/mol. The largest absolute Gasteiger partial charge is 0.387 e. The van der Waals surface area contributed by atoms with Crippen LogP contribution in [0.3, 0.4) is 0 Å². The topological polar surface area (TPSA) is 38.4 Å². The molecular formula is C13H20N2. The number of nitrogens with two attached hydrogens (primary N) is 1. The van der Waals surface area contributed by atoms with Crippen LogP contribution in [-0.4, -0.2) is 5.84 Å². The summed E-state index contributed by atoms with van der Waals surface area (Å²) in [4.78, 5) is 4.35. The Balaban J connectivity index is 2.85. The van der Waals surface area contributed by atoms with Crippen LogP contribution in [0.2, 0.25) is 0 Å². The van der Waals surface area contributed by atoms with Gasteiger partial charge in [-0.1, -0.05) is 39.8 Å². The summed E-state index contributed by atoms with van der Waals surface area (Å²) >= 11 is 0. The monoisotopic (exact) mass is 204 g/mol. The molecule has 0 spiro atoms. The summed E-state index contributed by atoms with van der Waals surface area (Å²) in [7, 11) is 0. The molecule has 0 fully saturated rings. The standard InChI is InChI=1S/C13H20N2/c1-9(2)11-5-7-12(8-6-11)15-13(14)10(3)4/h5-10H,1-4H3,(H2,14,15). The predicted octanol–water partition coefficient (Wildman–Crippen LogP) is 3.45. The van der Waals surface area contributed by atoms with E-state index in [0.717, 1.165) is 5.69 Å². The van der Waals surface area contributed by atoms with Crippen molar-refractivity contribution in [3.63, 3.8) is 0 Å². The molecule has 0 aromatic heterocycles. The molecule has 0 aliphatic rings. The zero-order valence-electron chi connectivity index (χ0n) is 9.99. The Labute approximate surface area is 92.2 Å². The Morgan fingerprint density at radius 3 is 2.00 bits per heavy atom. The molecule has 0 saturated heterocycles. The highest BCUT2D eigenvalue weighted by atomic mass is 14.9. The fourth-order valence-corrected chi connectivity index (χ4v) is 1.21. The minimum absolute atomic E-state index is 0.301. The zero-order chi connectivity index (χ0) is 11.4. The Bertz CT molecular complexity index is 334. The maximum absolute atomic E-state index is 5.80. The van der Waals surface area contributed by atoms with Crippen LogP contribution in [0.15, 0.2) is 29.3 Å². The van der Waals surface area contributed by atoms with Crippen molar-refractivity contribution in [2.45, 2.75) is 33.6 Å². The lowest BCUT2D eigenvalue weighted by Crippen LogP contribution is -2.17. The molecule has 0 saturated carbocycles. The van der Waals surface area contributed by atoms with Crippen molar-refractivity contribution in [2.75, 3.05) is 0 Å². The smallest absolute Gasteiger partial charge is 0.102 e. The third-order valence-electron chi connectivity index (χ3n) is 2.41. The molecule has 0 unspecified atom stereocenters. The van der Waals surface area contributed by atoms with Gasteiger partial charge in [0.15, 0.2) is 0 Å². The fourth-order valence-electron chi connectivity index (χ4n) is 1.21. The van der Waals surface area contributed by atoms with Crippen LogP contribution in [-0.2, 0) is 0 Å². The molecule has 1 rings (SSSR count). The van der Waals surface area contributed by atoms with E-state index in [2.05, 4.69) is 31.0 Å². The molecule has 1 aromatic carbocycles. The van der Waals surface area contributed by atoms with Gasteiger partial charge in [-0.2, -0.15) is 0 Å². The number of nitrogens with zero attached hydrogens (tertiary/aromatic N) is 1. The molecule has 0 amide bonds. The third-order valence-corrected chi connectivity index (χ3v) is 2.41. The van der Waals surface area contributed by atoms with Gasteiger partial charge in [0.25, 0.3) is 0 Å². The molecule has 0 heterocycles. The number of aliphatic imine (C=N–C) groups is 1. The fraction of sp³-hybridized carbons (Fsp3) is 0.462. The maximum Gasteiger partial charge on any atom is 0.102 e. The maximum atomic E-state index is 5.80. The van der Waals surface area contributed by atoms with Crippen LogP contribution < -0.4 is 5.73 Å². The first-order valence-electron chi connectivity index (χ1n) is 5.44. The normalized spacial score (nSPS) is 12.5. The first-order valence-corrected chi connectivity index (χ1v) is 5.44. The molecule has 82 valence electrons. The van der Waals surface area contributed by atoms with Crippen LogP contribution >= 0.6 is 0 Å². The van der Waals surface area contributed by atoms with Crippen molar-refractivity contribution in [3.8, 4) is 0 Å². The highest BCUT2D eigenvalue weighted by molar-refractivity contribution is 5.84. The Morgan fingerprint density at radius 2 is 1.60 bits per heavy atom. The average molecular weight is 204 g/mol. The van der Waals surface area contributed by atoms with Crippen molar-refractivity contribution < 1.29 is 0 Å². The lowest BCUT2D eigenvalue weighted by Gasteiger charge is -2.06. The summed E-state index contributed by atoms with van der Waals surface area (Å²) in [6, 6.07) is 8.25. The van der Waals surface area contributed by atoms with Crippen molar-refractivity contribution >= 4 is 11.5 Å². The van der Waals surface area contributed by atoms with Gasteiger partial charge in [0.05, 0.1) is 5.69 Å². The second-order valence-electron chi connectivity index (χ2n) is 4.44. The van der Waals surface area contributed by atoms with Crippen LogP contribution in [0, 0.1) is 5.92 Å². The van der Waals surface area contributed by atoms with Crippen LogP contribution in [0.5, 0.6) is 0 Å². The van der Waals surface area contributed by atoms with Gasteiger partial charge in [0.2, 0.25) is 0 Å². The molecule has 2 heteroatoms. The lowest BCUT2D eigenvalue weighted by atomic mass is 10.0. The summed E-state index contributed by atoms with van der Waals surface area (Å²) in [6.45, 7) is 8.45. The minimum Gasteiger partial charge on any atom is -0.387 e. The van der Waals surface area contributed by atoms with Crippen molar-refractivity contribution in [2.24, 2.45) is 16.6 Å². The summed E-state index contributed by atoms with van der Waals surface area (Å²) in [5.41, 5.74) is 8.06. The number of benzene rings is 1. The first kappa shape index (κ1) is 11.8. The van der Waals surface area contributed by atoms with E-state index in [0.29, 0.717) is 17.7 Å². The Morgan fingerprint density at radius 1 is 1.07 bits per heavy atom. The SMILES string of the molecule is CC(C)C(N)=Nc1ccc(C(C)C)cc1. The minimum atomic E-state index is 0.301. The third kappa shape index (κ3) is 3.39. The number of hydrogen-bond acceptors (Lipinski definition) is 1. The van der Waals surface area contributed by atoms with Crippen molar-refractivity contribution in [1.82, 2.24) is 0 Å². The van der Waals surface area contributed by atoms with Crippen LogP contribution in [0.1, 0.15) is 39.2 Å². The summed E-state index contributed by atoms with van der Waals surface area (Å²) in [6.07, 6.45) is 0. The summed E-state index contributed by atoms with van der Waals surface area (Å²) in [5.74, 6) is 1.55. The van der Waals surface area contributed by atoms with Crippen molar-refractivity contribution in [1.29, 1.82) is 0 Å². The quantitative estimate of drug-likeness (QED) is 0.594. The molecule has 0 atom stereocenters. The van der Waals surface area contributed by atoms with Crippen LogP contribution in [0.25, 0.3) is 0 Å². The predicted molar refractivity (Wildman–Crippen MR) is 66.7 cm³/mol. The number of hydrogen-bond donors (Lipinski definition) is 1. The van der Waals surface area contributed by atoms with E-state index < -0.39 is 0 Å². The van der Waals surface area contributed by atoms with Crippen molar-refractivity contribution in [3.05, 3.63) is 29.8 Å². The lowest BCUT2D eigenvalue weighted by molar-refractivity contribution is 0.865. The van der Waals surface area contributed by atoms with E-state index in [9.17, 15) is 0 Å². The molecule has 15 heavy (non-hydrogen) atoms. The van der Waals surface area contributed by atoms with Gasteiger partial charge in [-0.25, -0.2) is 4.99 Å². The molecule has 0 bridgehead atoms. The zero-order valence-corrected chi connectivity index (χ0v) is 9.99. The van der Waals surface area contributed by atoms with Gasteiger partial charge in [0.1, 0.15) is 5.84 Å². The molecule has 2 N–H and O–H groups in total. The Kier molecular flexibility index (Phi) is 3.89. The molecule has 0 aliphatic heterocycles. The number of rotatable bonds is 3. The summed E-state index contributed by atoms with van der Waals surface area (Å²) in [5, 5.41) is 0. The van der Waals surface area contributed by atoms with Gasteiger partial charge in [-0.3, -0.25) is 0 Å². The van der Waals surface area contributed by atoms with E-state index in [1.165, 1.54) is 5.56 Å². The molecule has 0 radical (unpaired) electrons. The summed E-state index contributed by atoms with van der Waals surface area (Å²) < 4.78 is 0. The second kappa shape index (κ2) is 4.96. The van der Waals surface area contributed by atoms with Crippen LogP contribution in [0.4, 0.5) is 5.69 Å². The average Bonchev–Trinajstić information content (AvgIpc) is 2.18. The van der Waals surface area contributed by atoms with E-state index in [1.807, 2.05) is 26.0 Å². The van der Waals surface area contributed by atoms with E-state index >= 15 is 0 Å². The number of amidine groups is 1. The van der Waals surface area contributed by atoms with E-state index in [4.69, 9.17) is 5.73 Å². The van der Waals surface area contributed by atoms with E-state index in [-0.39, 0.29) is 0 Å². The Hall–Kier alpha value is -1.31. The second-order valence-corrected chi connectivity index (χ2v) is 4.44. The van der Waals surface area contributed by atoms with Gasteiger partial charge in [-0.05, 0) is 23.6 Å². The molecule has 2 nitrogen and oxygen atoms in total. The first-order chi connectivity index (χ1) is 7.00. The van der Waals surface area contributed by atoms with E-state index in [1.54, 1.807) is 0 Å². The van der Waals surface area contributed by atoms with Gasteiger partial charge in [0, 0.05) is 5.92 Å². The molecule has 0 aliphatic carbocycles. The molecule has 1 aromatic rings. The van der Waals surface area contributed by atoms with Gasteiger partial charge < -0.3 is 5.73 Å². The highest BCUT2D eigenvalue weighted by Crippen LogP contribution is 2.19. The van der Waals surface area contributed by atoms with Gasteiger partial charge >= 0.3 is 0 Å². The highest BCUT2D eigenvalue weighted by Gasteiger charge is 2.01.